The van der Waals surface area contributed by atoms with Gasteiger partial charge in [-0.05, 0) is 113 Å². The molecule has 2 aliphatic rings. The van der Waals surface area contributed by atoms with Gasteiger partial charge in [0.05, 0.1) is 12.3 Å². The van der Waals surface area contributed by atoms with Crippen LogP contribution in [-0.2, 0) is 16.7 Å². The van der Waals surface area contributed by atoms with E-state index in [0.717, 1.165) is 17.1 Å². The van der Waals surface area contributed by atoms with Gasteiger partial charge in [-0.2, -0.15) is 0 Å². The molecule has 9 aromatic carbocycles. The largest absolute Gasteiger partial charge is 0.423 e. The number of anilines is 3. The van der Waals surface area contributed by atoms with Crippen molar-refractivity contribution in [3.05, 3.63) is 211 Å². The van der Waals surface area contributed by atoms with Crippen LogP contribution in [0.1, 0.15) is 30.5 Å². The molecule has 2 nitrogen and oxygen atoms in total. The van der Waals surface area contributed by atoms with Gasteiger partial charge in [-0.25, -0.2) is 0 Å². The van der Waals surface area contributed by atoms with Crippen molar-refractivity contribution < 1.29 is 4.65 Å². The van der Waals surface area contributed by atoms with E-state index in [9.17, 15) is 0 Å². The Labute approximate surface area is 334 Å². The molecule has 0 amide bonds. The highest BCUT2D eigenvalue weighted by atomic mass is 16.4. The maximum atomic E-state index is 6.65. The summed E-state index contributed by atoms with van der Waals surface area (Å²) in [5, 5.41) is 4.97. The van der Waals surface area contributed by atoms with Crippen molar-refractivity contribution in [2.24, 2.45) is 0 Å². The molecular formula is C54H40BNO. The van der Waals surface area contributed by atoms with Gasteiger partial charge in [-0.3, -0.25) is 0 Å². The highest BCUT2D eigenvalue weighted by Gasteiger charge is 2.38. The van der Waals surface area contributed by atoms with Crippen molar-refractivity contribution in [2.75, 3.05) is 4.90 Å². The predicted molar refractivity (Wildman–Crippen MR) is 241 cm³/mol. The molecule has 0 saturated carbocycles. The number of fused-ring (bicyclic) bond motifs is 7. The van der Waals surface area contributed by atoms with E-state index in [4.69, 9.17) is 4.65 Å². The summed E-state index contributed by atoms with van der Waals surface area (Å²) in [6.07, 6.45) is 0. The van der Waals surface area contributed by atoms with Gasteiger partial charge < -0.3 is 9.55 Å². The number of rotatable bonds is 6. The van der Waals surface area contributed by atoms with Gasteiger partial charge in [0.15, 0.2) is 0 Å². The Morgan fingerprint density at radius 1 is 0.474 bits per heavy atom. The van der Waals surface area contributed by atoms with Crippen LogP contribution in [0.5, 0.6) is 0 Å². The quantitative estimate of drug-likeness (QED) is 0.125. The topological polar surface area (TPSA) is 12.5 Å². The molecule has 0 radical (unpaired) electrons. The summed E-state index contributed by atoms with van der Waals surface area (Å²) < 4.78 is 6.65. The maximum Gasteiger partial charge on any atom is 0.362 e. The van der Waals surface area contributed by atoms with Gasteiger partial charge in [0.1, 0.15) is 0 Å². The van der Waals surface area contributed by atoms with E-state index in [0.29, 0.717) is 6.61 Å². The number of benzene rings is 9. The lowest BCUT2D eigenvalue weighted by atomic mass is 9.55. The summed E-state index contributed by atoms with van der Waals surface area (Å²) in [4.78, 5) is 2.49. The molecule has 0 fully saturated rings. The molecule has 0 bridgehead atoms. The van der Waals surface area contributed by atoms with E-state index in [1.165, 1.54) is 82.5 Å². The Balaban J connectivity index is 1.19. The van der Waals surface area contributed by atoms with E-state index in [-0.39, 0.29) is 12.3 Å². The van der Waals surface area contributed by atoms with Gasteiger partial charge in [0.2, 0.25) is 0 Å². The van der Waals surface area contributed by atoms with Crippen molar-refractivity contribution in [1.29, 1.82) is 0 Å². The van der Waals surface area contributed by atoms with Gasteiger partial charge in [0, 0.05) is 22.4 Å². The first-order valence-electron chi connectivity index (χ1n) is 20.0. The zero-order chi connectivity index (χ0) is 38.1. The van der Waals surface area contributed by atoms with Gasteiger partial charge in [-0.15, -0.1) is 0 Å². The van der Waals surface area contributed by atoms with Crippen LogP contribution in [0.3, 0.4) is 0 Å². The molecule has 0 spiro atoms. The minimum Gasteiger partial charge on any atom is -0.423 e. The van der Waals surface area contributed by atoms with Crippen LogP contribution in [0, 0.1) is 0 Å². The molecule has 57 heavy (non-hydrogen) atoms. The molecule has 0 saturated heterocycles. The van der Waals surface area contributed by atoms with Gasteiger partial charge >= 0.3 is 6.92 Å². The Morgan fingerprint density at radius 2 is 1.12 bits per heavy atom. The predicted octanol–water partition coefficient (Wildman–Crippen LogP) is 12.7. The second-order valence-electron chi connectivity index (χ2n) is 16.0. The van der Waals surface area contributed by atoms with Crippen LogP contribution in [0.2, 0.25) is 0 Å². The van der Waals surface area contributed by atoms with Crippen molar-refractivity contribution in [2.45, 2.75) is 25.9 Å². The van der Waals surface area contributed by atoms with E-state index < -0.39 is 0 Å². The van der Waals surface area contributed by atoms with Crippen molar-refractivity contribution >= 4 is 56.4 Å². The average Bonchev–Trinajstić information content (AvgIpc) is 3.80. The normalized spacial score (nSPS) is 13.8. The molecule has 270 valence electrons. The lowest BCUT2D eigenvalue weighted by Gasteiger charge is -2.31. The summed E-state index contributed by atoms with van der Waals surface area (Å²) >= 11 is 0. The highest BCUT2D eigenvalue weighted by Crippen LogP contribution is 2.54. The molecule has 0 aromatic heterocycles. The van der Waals surface area contributed by atoms with E-state index >= 15 is 0 Å². The molecule has 1 heterocycles. The highest BCUT2D eigenvalue weighted by molar-refractivity contribution is 6.81. The minimum absolute atomic E-state index is 0.103. The molecule has 11 rings (SSSR count). The maximum absolute atomic E-state index is 6.65. The molecule has 1 aliphatic heterocycles. The van der Waals surface area contributed by atoms with E-state index in [2.05, 4.69) is 213 Å². The third kappa shape index (κ3) is 5.45. The minimum atomic E-state index is -0.179. The fourth-order valence-corrected chi connectivity index (χ4v) is 9.55. The van der Waals surface area contributed by atoms with Crippen molar-refractivity contribution in [3.8, 4) is 33.4 Å². The van der Waals surface area contributed by atoms with Crippen LogP contribution >= 0.6 is 0 Å². The number of hydrogen-bond donors (Lipinski definition) is 0. The SMILES string of the molecule is CC1(C)c2ccccc2-c2cc(-c3cccc4c3COB4c3ccccc3)c(N(c3ccc(-c4ccccc4)cc3)c3ccc4ccc5ccccc5c4c3)cc21. The molecule has 1 aliphatic carbocycles. The molecule has 3 heteroatoms. The third-order valence-electron chi connectivity index (χ3n) is 12.4. The zero-order valence-corrected chi connectivity index (χ0v) is 32.1. The lowest BCUT2D eigenvalue weighted by Crippen LogP contribution is -2.41. The molecular weight excluding hydrogens is 689 g/mol. The third-order valence-corrected chi connectivity index (χ3v) is 12.4. The Kier molecular flexibility index (Phi) is 7.81. The van der Waals surface area contributed by atoms with Crippen LogP contribution in [0.25, 0.3) is 54.9 Å². The van der Waals surface area contributed by atoms with Crippen LogP contribution in [0.15, 0.2) is 194 Å². The molecule has 9 aromatic rings. The molecule has 0 atom stereocenters. The van der Waals surface area contributed by atoms with Gasteiger partial charge in [-0.1, -0.05) is 172 Å². The van der Waals surface area contributed by atoms with Gasteiger partial charge in [0.25, 0.3) is 0 Å². The Bertz CT molecular complexity index is 2990. The fourth-order valence-electron chi connectivity index (χ4n) is 9.55. The first-order chi connectivity index (χ1) is 28.0. The standard InChI is InChI=1S/C54H40BNO/c1-54(2)50-22-12-11-20-45(50)47-33-48(44-21-13-23-52-49(44)35-57-55(52)40-17-7-4-8-18-40)53(34-51(47)54)56(41-29-26-37(27-30-41)36-14-5-3-6-15-36)42-31-28-39-25-24-38-16-9-10-19-43(38)46(39)32-42/h3-34H,35H2,1-2H3. The molecule has 0 unspecified atom stereocenters. The summed E-state index contributed by atoms with van der Waals surface area (Å²) in [6, 6.07) is 71.3. The van der Waals surface area contributed by atoms with Crippen LogP contribution in [-0.4, -0.2) is 6.92 Å². The van der Waals surface area contributed by atoms with Crippen LogP contribution in [0.4, 0.5) is 17.1 Å². The summed E-state index contributed by atoms with van der Waals surface area (Å²) in [7, 11) is 0. The Morgan fingerprint density at radius 3 is 1.95 bits per heavy atom. The summed E-state index contributed by atoms with van der Waals surface area (Å²) in [5.74, 6) is 0. The average molecular weight is 730 g/mol. The second kappa shape index (κ2) is 13.2. The smallest absolute Gasteiger partial charge is 0.362 e. The van der Waals surface area contributed by atoms with E-state index in [1.807, 2.05) is 0 Å². The van der Waals surface area contributed by atoms with E-state index in [1.54, 1.807) is 0 Å². The first-order valence-corrected chi connectivity index (χ1v) is 20.0. The first kappa shape index (κ1) is 33.6. The second-order valence-corrected chi connectivity index (χ2v) is 16.0. The lowest BCUT2D eigenvalue weighted by molar-refractivity contribution is 0.337. The van der Waals surface area contributed by atoms with Crippen molar-refractivity contribution in [3.63, 3.8) is 0 Å². The fraction of sp³-hybridized carbons (Fsp3) is 0.0741. The summed E-state index contributed by atoms with van der Waals surface area (Å²) in [5.41, 5.74) is 17.0. The Hall–Kier alpha value is -6.68. The van der Waals surface area contributed by atoms with Crippen molar-refractivity contribution in [1.82, 2.24) is 0 Å². The van der Waals surface area contributed by atoms with Crippen LogP contribution < -0.4 is 15.8 Å². The summed E-state index contributed by atoms with van der Waals surface area (Å²) in [6.45, 7) is 5.20. The zero-order valence-electron chi connectivity index (χ0n) is 32.1. The number of nitrogens with zero attached hydrogens (tertiary/aromatic N) is 1. The monoisotopic (exact) mass is 729 g/mol. The number of hydrogen-bond acceptors (Lipinski definition) is 2. The molecule has 0 N–H and O–H groups in total.